The minimum absolute atomic E-state index is 0.0795. The number of hydrogen-bond donors (Lipinski definition) is 27. The van der Waals surface area contributed by atoms with Gasteiger partial charge < -0.3 is 187 Å². The van der Waals surface area contributed by atoms with Crippen LogP contribution >= 0.6 is 0 Å². The van der Waals surface area contributed by atoms with Crippen LogP contribution < -0.4 is 37.6 Å². The second-order valence-electron chi connectivity index (χ2n) is 31.6. The van der Waals surface area contributed by atoms with E-state index >= 15 is 0 Å². The minimum atomic E-state index is -1.82. The third kappa shape index (κ3) is 39.0. The van der Waals surface area contributed by atoms with E-state index in [1.165, 1.54) is 6.92 Å². The van der Waals surface area contributed by atoms with Crippen LogP contribution in [0.1, 0.15) is 155 Å². The van der Waals surface area contributed by atoms with Crippen molar-refractivity contribution in [2.24, 2.45) is 17.6 Å². The molecule has 127 heavy (non-hydrogen) atoms. The number of nitrogens with two attached hydrogens (primary N) is 1. The van der Waals surface area contributed by atoms with Crippen LogP contribution in [0.2, 0.25) is 0 Å². The van der Waals surface area contributed by atoms with Crippen molar-refractivity contribution >= 4 is 64.4 Å². The summed E-state index contributed by atoms with van der Waals surface area (Å²) >= 11 is 0. The Bertz CT molecular complexity index is 3260. The lowest BCUT2D eigenvalue weighted by molar-refractivity contribution is -0.301. The molecule has 0 saturated carbocycles. The number of carbonyl (C=O) groups excluding carboxylic acids is 11. The summed E-state index contributed by atoms with van der Waals surface area (Å²) < 4.78 is 53.6. The number of ether oxygens (including phenoxy) is 10. The molecular formula is C79H137N7O41. The van der Waals surface area contributed by atoms with Gasteiger partial charge in [0, 0.05) is 109 Å². The largest absolute Gasteiger partial charge is 0.394 e. The molecule has 5 aliphatic heterocycles. The van der Waals surface area contributed by atoms with Crippen molar-refractivity contribution in [3.05, 3.63) is 0 Å². The number of nitrogens with one attached hydrogen (secondary N) is 6. The number of rotatable bonds is 60. The molecule has 734 valence electrons. The fourth-order valence-corrected chi connectivity index (χ4v) is 13.9. The maximum absolute atomic E-state index is 14.8. The van der Waals surface area contributed by atoms with E-state index in [0.29, 0.717) is 64.3 Å². The average Bonchev–Trinajstić information content (AvgIpc) is 0.836. The molecule has 5 heterocycles. The summed E-state index contributed by atoms with van der Waals surface area (Å²) in [6.45, 7) is -2.71. The molecular weight excluding hydrogens is 1700 g/mol. The lowest BCUT2D eigenvalue weighted by atomic mass is 9.90. The number of Topliss-reactive ketones (excluding diaryl/α,β-unsaturated/α-hetero) is 5. The zero-order chi connectivity index (χ0) is 94.6. The highest BCUT2D eigenvalue weighted by Crippen LogP contribution is 2.29. The molecule has 5 saturated heterocycles. The second-order valence-corrected chi connectivity index (χ2v) is 31.6. The van der Waals surface area contributed by atoms with Crippen LogP contribution in [-0.2, 0) is 100 Å². The predicted octanol–water partition coefficient (Wildman–Crippen LogP) is -11.9. The van der Waals surface area contributed by atoms with Gasteiger partial charge in [0.1, 0.15) is 139 Å². The Morgan fingerprint density at radius 2 is 0.638 bits per heavy atom. The number of carbonyl (C=O) groups is 11. The molecule has 48 heteroatoms. The summed E-state index contributed by atoms with van der Waals surface area (Å²) in [5.41, 5.74) is 5.57. The maximum Gasteiger partial charge on any atom is 0.224 e. The molecule has 0 spiro atoms. The van der Waals surface area contributed by atoms with E-state index in [1.54, 1.807) is 0 Å². The Labute approximate surface area is 733 Å². The Morgan fingerprint density at radius 3 is 0.992 bits per heavy atom. The van der Waals surface area contributed by atoms with Gasteiger partial charge >= 0.3 is 0 Å². The van der Waals surface area contributed by atoms with Gasteiger partial charge in [0.2, 0.25) is 35.4 Å². The van der Waals surface area contributed by atoms with Gasteiger partial charge in [0.05, 0.1) is 78.2 Å². The van der Waals surface area contributed by atoms with Gasteiger partial charge in [-0.15, -0.1) is 0 Å². The number of aliphatic hydroxyl groups excluding tert-OH is 20. The molecule has 48 nitrogen and oxygen atoms in total. The summed E-state index contributed by atoms with van der Waals surface area (Å²) in [5.74, 6) is -8.92. The fraction of sp³-hybridized carbons (Fsp3) is 0.861. The second kappa shape index (κ2) is 60.9. The first-order valence-electron chi connectivity index (χ1n) is 43.0. The van der Waals surface area contributed by atoms with Gasteiger partial charge in [-0.2, -0.15) is 0 Å². The van der Waals surface area contributed by atoms with E-state index in [-0.39, 0.29) is 88.9 Å². The van der Waals surface area contributed by atoms with Gasteiger partial charge in [-0.25, -0.2) is 0 Å². The topological polar surface area (TPSA) is 783 Å². The third-order valence-electron chi connectivity index (χ3n) is 21.8. The van der Waals surface area contributed by atoms with E-state index in [2.05, 4.69) is 31.9 Å². The monoisotopic (exact) mass is 1840 g/mol. The predicted molar refractivity (Wildman–Crippen MR) is 428 cm³/mol. The van der Waals surface area contributed by atoms with Crippen molar-refractivity contribution in [3.8, 4) is 0 Å². The van der Waals surface area contributed by atoms with Crippen molar-refractivity contribution in [1.82, 2.24) is 31.9 Å². The number of hydrogen-bond acceptors (Lipinski definition) is 42. The molecule has 0 aliphatic carbocycles. The molecule has 5 aliphatic rings. The van der Waals surface area contributed by atoms with Crippen molar-refractivity contribution in [1.29, 1.82) is 0 Å². The average molecular weight is 1840 g/mol. The van der Waals surface area contributed by atoms with Crippen molar-refractivity contribution in [3.63, 3.8) is 0 Å². The molecule has 28 N–H and O–H groups in total. The van der Waals surface area contributed by atoms with E-state index in [9.17, 15) is 150 Å². The van der Waals surface area contributed by atoms with Crippen LogP contribution in [-0.4, -0.2) is 431 Å². The Kier molecular flexibility index (Phi) is 54.3. The van der Waals surface area contributed by atoms with Gasteiger partial charge in [-0.05, 0) is 84.1 Å². The van der Waals surface area contributed by atoms with E-state index in [4.69, 9.17) is 58.2 Å². The van der Waals surface area contributed by atoms with E-state index in [1.807, 2.05) is 6.92 Å². The zero-order valence-electron chi connectivity index (χ0n) is 71.5. The maximum atomic E-state index is 14.8. The molecule has 0 radical (unpaired) electrons. The van der Waals surface area contributed by atoms with Crippen LogP contribution in [0.4, 0.5) is 0 Å². The number of unbranched alkanes of at least 4 members (excludes halogenated alkanes) is 3. The van der Waals surface area contributed by atoms with Crippen LogP contribution in [0.25, 0.3) is 0 Å². The lowest BCUT2D eigenvalue weighted by Crippen LogP contribution is -2.59. The molecule has 5 fully saturated rings. The van der Waals surface area contributed by atoms with Crippen molar-refractivity contribution in [2.45, 2.75) is 321 Å². The van der Waals surface area contributed by atoms with Gasteiger partial charge in [-0.3, -0.25) is 52.7 Å². The lowest BCUT2D eigenvalue weighted by Gasteiger charge is -2.39. The Balaban J connectivity index is 0.00000116. The quantitative estimate of drug-likeness (QED) is 0.0251. The number of amides is 6. The molecule has 5 rings (SSSR count). The fourth-order valence-electron chi connectivity index (χ4n) is 13.9. The highest BCUT2D eigenvalue weighted by molar-refractivity contribution is 5.95. The van der Waals surface area contributed by atoms with Gasteiger partial charge in [-0.1, -0.05) is 6.92 Å². The molecule has 0 unspecified atom stereocenters. The van der Waals surface area contributed by atoms with Crippen LogP contribution in [0.5, 0.6) is 0 Å². The molecule has 0 aromatic rings. The summed E-state index contributed by atoms with van der Waals surface area (Å²) in [4.78, 5) is 146. The van der Waals surface area contributed by atoms with Crippen molar-refractivity contribution < 1.29 is 202 Å². The van der Waals surface area contributed by atoms with Crippen molar-refractivity contribution in [2.75, 3.05) is 98.8 Å². The molecule has 6 amide bonds. The number of aliphatic hydroxyl groups is 20. The highest BCUT2D eigenvalue weighted by Gasteiger charge is 2.49. The first kappa shape index (κ1) is 113. The summed E-state index contributed by atoms with van der Waals surface area (Å²) in [5, 5.41) is 215. The van der Waals surface area contributed by atoms with Gasteiger partial charge in [0.15, 0.2) is 43.0 Å². The van der Waals surface area contributed by atoms with E-state index < -0.39 is 322 Å². The summed E-state index contributed by atoms with van der Waals surface area (Å²) in [6.07, 6.45) is -38.1. The van der Waals surface area contributed by atoms with Crippen LogP contribution in [0.15, 0.2) is 0 Å². The smallest absolute Gasteiger partial charge is 0.224 e. The van der Waals surface area contributed by atoms with Crippen LogP contribution in [0, 0.1) is 11.8 Å². The van der Waals surface area contributed by atoms with Gasteiger partial charge in [0.25, 0.3) is 0 Å². The normalized spacial score (nSPS) is 30.5. The van der Waals surface area contributed by atoms with Crippen LogP contribution in [0.3, 0.4) is 0 Å². The summed E-state index contributed by atoms with van der Waals surface area (Å²) in [6, 6.07) is -2.45. The standard InChI is InChI=1S/C62H107N7O33.C17H30O8/c1-30(74)34(7-4-5-15-63)68-44(80)8-3-2-6-33(75)24-31(9-12-41(77)64-16-20-95-59-53(89)49(85)45(81)37(26-70)99-59)58(94)69-35(11-14-43(79)66-18-22-97-61-55(91)51(87)47(83)39(28-72)101-61)36(76)25-32(57(93)67-19-23-98-62-56(92)52(88)48(84)40(29-73)102-62)10-13-42(78)65-17-21-96-60-54(90)50(86)46(82)38(27-71)100-60;1-2-11(19)6-3-4-7-12(20)8-5-9-24-17-16(23)15(22)14(21)13(10-18)25-17/h31-32,34-35,37-40,45-56,59-62,70-73,81-92H,2-29,63H2,1H3,(H,64,77)(H,65,78)(H,66,79)(H,67,93)(H,68,80)(H,69,94);13-18,21-23H,2-10H2,1H3/t31-,32-,34+,35+,37-,38-,39-,40-,45-,46-,47-,48-,49+,50+,51+,52+,53+,54+,55+,56+,59+,60+,61+,62+;13-,14-,15+,16+,17+/m11/s1. The highest BCUT2D eigenvalue weighted by atomic mass is 16.7. The number of ketones is 5. The molecule has 0 bridgehead atoms. The SMILES string of the molecule is CC(=O)[C@H](CCCCN)NC(=O)CCCCC(=O)C[C@@H](CCC(=O)NCCO[C@H]1O[C@H](CO)[C@@H](O)[C@H](O)[C@@H]1O)C(=O)N[C@@H](CCC(=O)NCCO[C@H]1O[C@H](CO)[C@@H](O)[C@H](O)[C@@H]1O)C(=O)C[C@@H](CCC(=O)NCCO[C@H]1O[C@H](CO)[C@@H](O)[C@H](O)[C@@H]1O)C(=O)NCCO[C@H]1O[C@H](CO)[C@@H](O)[C@H](O)[C@@H]1O.CCC(=O)CCCCC(=O)CCCO[C@H]1O[C@H](CO)[C@@H](O)[C@H](O)[C@@H]1O. The molecule has 29 atom stereocenters. The molecule has 0 aromatic carbocycles. The zero-order valence-corrected chi connectivity index (χ0v) is 71.5. The Morgan fingerprint density at radius 1 is 0.315 bits per heavy atom. The Hall–Kier alpha value is -6.07. The first-order chi connectivity index (χ1) is 60.4. The third-order valence-corrected chi connectivity index (χ3v) is 21.8. The van der Waals surface area contributed by atoms with E-state index in [0.717, 1.165) is 6.42 Å². The first-order valence-corrected chi connectivity index (χ1v) is 43.0. The minimum Gasteiger partial charge on any atom is -0.394 e. The summed E-state index contributed by atoms with van der Waals surface area (Å²) in [7, 11) is 0. The molecule has 0 aromatic heterocycles.